The largest absolute Gasteiger partial charge is 0.398 e. The van der Waals surface area contributed by atoms with Crippen molar-refractivity contribution >= 4 is 50.2 Å². The van der Waals surface area contributed by atoms with Crippen LogP contribution in [0, 0.1) is 0 Å². The summed E-state index contributed by atoms with van der Waals surface area (Å²) in [7, 11) is 0. The van der Waals surface area contributed by atoms with Crippen molar-refractivity contribution in [2.75, 3.05) is 5.73 Å². The number of benzene rings is 1. The molecule has 0 bridgehead atoms. The van der Waals surface area contributed by atoms with Crippen molar-refractivity contribution in [3.05, 3.63) is 26.6 Å². The van der Waals surface area contributed by atoms with Gasteiger partial charge in [0.05, 0.1) is 5.69 Å². The van der Waals surface area contributed by atoms with Crippen LogP contribution in [-0.2, 0) is 6.54 Å². The summed E-state index contributed by atoms with van der Waals surface area (Å²) < 4.78 is 2.00. The topological polar surface area (TPSA) is 38.0 Å². The number of thiol groups is 1. The molecule has 0 spiro atoms. The molecule has 1 fully saturated rings. The van der Waals surface area contributed by atoms with Crippen molar-refractivity contribution < 1.29 is 0 Å². The predicted molar refractivity (Wildman–Crippen MR) is 88.1 cm³/mol. The van der Waals surface area contributed by atoms with Gasteiger partial charge in [0.2, 0.25) is 0 Å². The third-order valence-electron chi connectivity index (χ3n) is 3.41. The Kier molecular flexibility index (Phi) is 5.42. The Morgan fingerprint density at radius 1 is 1.33 bits per heavy atom. The van der Waals surface area contributed by atoms with Crippen LogP contribution >= 0.6 is 44.5 Å². The lowest BCUT2D eigenvalue weighted by Gasteiger charge is -2.27. The number of hydrogen-bond acceptors (Lipinski definition) is 3. The van der Waals surface area contributed by atoms with E-state index in [2.05, 4.69) is 55.9 Å². The van der Waals surface area contributed by atoms with Crippen LogP contribution in [0.1, 0.15) is 31.2 Å². The molecule has 2 rings (SSSR count). The lowest BCUT2D eigenvalue weighted by atomic mass is 9.95. The van der Waals surface area contributed by atoms with Crippen molar-refractivity contribution in [2.45, 2.75) is 43.5 Å². The number of halogens is 2. The Labute approximate surface area is 131 Å². The Morgan fingerprint density at radius 2 is 2.11 bits per heavy atom. The molecular formula is C13H18Br2N2S. The molecule has 2 atom stereocenters. The molecule has 0 aromatic heterocycles. The van der Waals surface area contributed by atoms with E-state index >= 15 is 0 Å². The minimum absolute atomic E-state index is 0.544. The number of hydrogen-bond donors (Lipinski definition) is 3. The molecule has 5 heteroatoms. The van der Waals surface area contributed by atoms with Crippen LogP contribution in [0.3, 0.4) is 0 Å². The Hall–Kier alpha value is 0.290. The second kappa shape index (κ2) is 6.64. The molecule has 18 heavy (non-hydrogen) atoms. The molecule has 1 aliphatic carbocycles. The molecule has 0 heterocycles. The SMILES string of the molecule is Nc1c(Br)cc(Br)cc1CNC1CCCC(S)C1. The fourth-order valence-corrected chi connectivity index (χ4v) is 4.14. The van der Waals surface area contributed by atoms with E-state index < -0.39 is 0 Å². The van der Waals surface area contributed by atoms with E-state index in [1.54, 1.807) is 0 Å². The maximum Gasteiger partial charge on any atom is 0.0504 e. The zero-order valence-corrected chi connectivity index (χ0v) is 14.2. The molecule has 0 aliphatic heterocycles. The van der Waals surface area contributed by atoms with E-state index in [-0.39, 0.29) is 0 Å². The summed E-state index contributed by atoms with van der Waals surface area (Å²) in [6.07, 6.45) is 4.90. The van der Waals surface area contributed by atoms with E-state index in [0.29, 0.717) is 11.3 Å². The van der Waals surface area contributed by atoms with E-state index in [4.69, 9.17) is 5.73 Å². The van der Waals surface area contributed by atoms with Crippen LogP contribution in [0.4, 0.5) is 5.69 Å². The van der Waals surface area contributed by atoms with Gasteiger partial charge in [-0.15, -0.1) is 0 Å². The molecule has 1 aromatic rings. The summed E-state index contributed by atoms with van der Waals surface area (Å²) in [5.41, 5.74) is 8.03. The van der Waals surface area contributed by atoms with E-state index in [9.17, 15) is 0 Å². The molecule has 1 aliphatic rings. The maximum absolute atomic E-state index is 6.07. The third-order valence-corrected chi connectivity index (χ3v) is 4.99. The van der Waals surface area contributed by atoms with Crippen molar-refractivity contribution in [3.8, 4) is 0 Å². The average molecular weight is 394 g/mol. The van der Waals surface area contributed by atoms with Gasteiger partial charge in [-0.25, -0.2) is 0 Å². The van der Waals surface area contributed by atoms with E-state index in [1.165, 1.54) is 19.3 Å². The zero-order valence-electron chi connectivity index (χ0n) is 10.1. The highest BCUT2D eigenvalue weighted by molar-refractivity contribution is 9.11. The second-order valence-corrected chi connectivity index (χ2v) is 7.36. The van der Waals surface area contributed by atoms with Gasteiger partial charge in [0.25, 0.3) is 0 Å². The smallest absolute Gasteiger partial charge is 0.0504 e. The highest BCUT2D eigenvalue weighted by Gasteiger charge is 2.19. The van der Waals surface area contributed by atoms with Crippen LogP contribution < -0.4 is 11.1 Å². The van der Waals surface area contributed by atoms with Crippen LogP contribution in [0.15, 0.2) is 21.1 Å². The number of nitrogens with one attached hydrogen (secondary N) is 1. The van der Waals surface area contributed by atoms with Crippen molar-refractivity contribution in [1.29, 1.82) is 0 Å². The summed E-state index contributed by atoms with van der Waals surface area (Å²) in [5, 5.41) is 4.14. The maximum atomic E-state index is 6.07. The highest BCUT2D eigenvalue weighted by atomic mass is 79.9. The van der Waals surface area contributed by atoms with Gasteiger partial charge in [0.15, 0.2) is 0 Å². The normalized spacial score (nSPS) is 24.2. The third kappa shape index (κ3) is 3.89. The number of rotatable bonds is 3. The van der Waals surface area contributed by atoms with Crippen LogP contribution in [0.25, 0.3) is 0 Å². The number of nitrogen functional groups attached to an aromatic ring is 1. The molecule has 3 N–H and O–H groups in total. The summed E-state index contributed by atoms with van der Waals surface area (Å²) >= 11 is 11.5. The quantitative estimate of drug-likeness (QED) is 0.533. The summed E-state index contributed by atoms with van der Waals surface area (Å²) in [4.78, 5) is 0. The summed E-state index contributed by atoms with van der Waals surface area (Å²) in [6.45, 7) is 0.815. The summed E-state index contributed by atoms with van der Waals surface area (Å²) in [6, 6.07) is 4.62. The number of nitrogens with two attached hydrogens (primary N) is 1. The minimum atomic E-state index is 0.544. The van der Waals surface area contributed by atoms with E-state index in [0.717, 1.165) is 33.2 Å². The molecule has 0 amide bonds. The monoisotopic (exact) mass is 392 g/mol. The first kappa shape index (κ1) is 14.7. The van der Waals surface area contributed by atoms with Crippen molar-refractivity contribution in [2.24, 2.45) is 0 Å². The molecule has 100 valence electrons. The standard InChI is InChI=1S/C13H18Br2N2S/c14-9-4-8(13(16)12(15)5-9)7-17-10-2-1-3-11(18)6-10/h4-5,10-11,17-18H,1-3,6-7,16H2. The second-order valence-electron chi connectivity index (χ2n) is 4.86. The van der Waals surface area contributed by atoms with Crippen LogP contribution in [-0.4, -0.2) is 11.3 Å². The predicted octanol–water partition coefficient (Wildman–Crippen LogP) is 4.12. The van der Waals surface area contributed by atoms with Crippen molar-refractivity contribution in [1.82, 2.24) is 5.32 Å². The Bertz CT molecular complexity index is 426. The zero-order chi connectivity index (χ0) is 13.1. The van der Waals surface area contributed by atoms with Gasteiger partial charge in [0, 0.05) is 26.8 Å². The van der Waals surface area contributed by atoms with Gasteiger partial charge >= 0.3 is 0 Å². The summed E-state index contributed by atoms with van der Waals surface area (Å²) in [5.74, 6) is 0. The molecule has 1 saturated carbocycles. The Balaban J connectivity index is 1.97. The van der Waals surface area contributed by atoms with Gasteiger partial charge in [0.1, 0.15) is 0 Å². The number of anilines is 1. The lowest BCUT2D eigenvalue weighted by Crippen LogP contribution is -2.34. The molecular weight excluding hydrogens is 376 g/mol. The Morgan fingerprint density at radius 3 is 2.83 bits per heavy atom. The average Bonchev–Trinajstić information content (AvgIpc) is 2.32. The van der Waals surface area contributed by atoms with Gasteiger partial charge in [-0.05, 0) is 52.9 Å². The fourth-order valence-electron chi connectivity index (χ4n) is 2.39. The first-order valence-electron chi connectivity index (χ1n) is 6.21. The van der Waals surface area contributed by atoms with Crippen LogP contribution in [0.2, 0.25) is 0 Å². The first-order chi connectivity index (χ1) is 8.56. The van der Waals surface area contributed by atoms with E-state index in [1.807, 2.05) is 6.07 Å². The molecule has 1 aromatic carbocycles. The van der Waals surface area contributed by atoms with Gasteiger partial charge < -0.3 is 11.1 Å². The van der Waals surface area contributed by atoms with Crippen molar-refractivity contribution in [3.63, 3.8) is 0 Å². The van der Waals surface area contributed by atoms with Gasteiger partial charge in [-0.2, -0.15) is 12.6 Å². The fraction of sp³-hybridized carbons (Fsp3) is 0.538. The van der Waals surface area contributed by atoms with Gasteiger partial charge in [-0.1, -0.05) is 22.4 Å². The van der Waals surface area contributed by atoms with Gasteiger partial charge in [-0.3, -0.25) is 0 Å². The minimum Gasteiger partial charge on any atom is -0.398 e. The molecule has 2 nitrogen and oxygen atoms in total. The molecule has 0 radical (unpaired) electrons. The molecule has 0 saturated heterocycles. The first-order valence-corrected chi connectivity index (χ1v) is 8.31. The lowest BCUT2D eigenvalue weighted by molar-refractivity contribution is 0.381. The van der Waals surface area contributed by atoms with Crippen LogP contribution in [0.5, 0.6) is 0 Å². The molecule has 2 unspecified atom stereocenters. The highest BCUT2D eigenvalue weighted by Crippen LogP contribution is 2.29.